The predicted molar refractivity (Wildman–Crippen MR) is 87.6 cm³/mol. The van der Waals surface area contributed by atoms with Crippen molar-refractivity contribution in [1.82, 2.24) is 25.4 Å². The molecular weight excluding hydrogens is 292 g/mol. The van der Waals surface area contributed by atoms with Crippen LogP contribution in [0.15, 0.2) is 30.3 Å². The Hall–Kier alpha value is -2.41. The number of nitrogen functional groups attached to an aromatic ring is 1. The van der Waals surface area contributed by atoms with Crippen LogP contribution in [0.4, 0.5) is 5.95 Å². The summed E-state index contributed by atoms with van der Waals surface area (Å²) in [5.74, 6) is -0.0223. The molecule has 1 saturated heterocycles. The van der Waals surface area contributed by atoms with Gasteiger partial charge in [-0.15, -0.1) is 5.10 Å². The second kappa shape index (κ2) is 7.23. The lowest BCUT2D eigenvalue weighted by Crippen LogP contribution is -2.46. The van der Waals surface area contributed by atoms with E-state index in [0.717, 1.165) is 19.5 Å². The summed E-state index contributed by atoms with van der Waals surface area (Å²) >= 11 is 0. The minimum absolute atomic E-state index is 0.0820. The number of benzene rings is 1. The van der Waals surface area contributed by atoms with Crippen molar-refractivity contribution in [2.24, 2.45) is 0 Å². The van der Waals surface area contributed by atoms with Crippen molar-refractivity contribution in [2.75, 3.05) is 18.8 Å². The maximum Gasteiger partial charge on any atom is 0.288 e. The van der Waals surface area contributed by atoms with Crippen molar-refractivity contribution in [1.29, 1.82) is 0 Å². The molecule has 4 N–H and O–H groups in total. The van der Waals surface area contributed by atoms with Crippen molar-refractivity contribution in [2.45, 2.75) is 31.8 Å². The van der Waals surface area contributed by atoms with E-state index in [4.69, 9.17) is 5.73 Å². The molecule has 7 heteroatoms. The number of hydrogen-bond acceptors (Lipinski definition) is 5. The Morgan fingerprint density at radius 2 is 2.17 bits per heavy atom. The quantitative estimate of drug-likeness (QED) is 0.769. The van der Waals surface area contributed by atoms with Crippen LogP contribution >= 0.6 is 0 Å². The minimum atomic E-state index is -0.264. The number of nitrogens with zero attached hydrogens (tertiary/aromatic N) is 3. The van der Waals surface area contributed by atoms with E-state index in [1.54, 1.807) is 0 Å². The number of rotatable bonds is 5. The number of likely N-dealkylation sites (tertiary alicyclic amines) is 1. The average molecular weight is 314 g/mol. The van der Waals surface area contributed by atoms with Crippen molar-refractivity contribution in [3.05, 3.63) is 41.7 Å². The van der Waals surface area contributed by atoms with Gasteiger partial charge in [0.05, 0.1) is 0 Å². The highest BCUT2D eigenvalue weighted by Gasteiger charge is 2.23. The Morgan fingerprint density at radius 3 is 2.91 bits per heavy atom. The highest BCUT2D eigenvalue weighted by atomic mass is 16.2. The predicted octanol–water partition coefficient (Wildman–Crippen LogP) is 1.17. The van der Waals surface area contributed by atoms with Crippen LogP contribution in [-0.4, -0.2) is 45.1 Å². The van der Waals surface area contributed by atoms with Gasteiger partial charge < -0.3 is 11.1 Å². The summed E-state index contributed by atoms with van der Waals surface area (Å²) in [4.78, 5) is 18.3. The molecule has 1 atom stereocenters. The highest BCUT2D eigenvalue weighted by Crippen LogP contribution is 2.19. The van der Waals surface area contributed by atoms with Crippen LogP contribution in [0.2, 0.25) is 0 Å². The first kappa shape index (κ1) is 15.5. The van der Waals surface area contributed by atoms with Crippen LogP contribution in [0.3, 0.4) is 0 Å². The summed E-state index contributed by atoms with van der Waals surface area (Å²) in [6.45, 7) is 2.58. The van der Waals surface area contributed by atoms with Crippen LogP contribution in [0.25, 0.3) is 0 Å². The maximum atomic E-state index is 12.0. The van der Waals surface area contributed by atoms with Crippen molar-refractivity contribution < 1.29 is 4.79 Å². The summed E-state index contributed by atoms with van der Waals surface area (Å²) < 4.78 is 0. The zero-order chi connectivity index (χ0) is 16.1. The van der Waals surface area contributed by atoms with Gasteiger partial charge >= 0.3 is 0 Å². The van der Waals surface area contributed by atoms with E-state index < -0.39 is 0 Å². The smallest absolute Gasteiger partial charge is 0.288 e. The topological polar surface area (TPSA) is 99.9 Å². The van der Waals surface area contributed by atoms with E-state index in [1.165, 1.54) is 18.4 Å². The van der Waals surface area contributed by atoms with E-state index in [0.29, 0.717) is 12.6 Å². The summed E-state index contributed by atoms with van der Waals surface area (Å²) in [6, 6.07) is 10.8. The molecule has 122 valence electrons. The number of carbonyl (C=O) groups is 1. The van der Waals surface area contributed by atoms with Gasteiger partial charge in [0.1, 0.15) is 0 Å². The molecule has 1 amide bonds. The number of aromatic amines is 1. The van der Waals surface area contributed by atoms with Crippen LogP contribution in [0.1, 0.15) is 35.4 Å². The second-order valence-corrected chi connectivity index (χ2v) is 5.86. The lowest BCUT2D eigenvalue weighted by molar-refractivity contribution is 0.0898. The van der Waals surface area contributed by atoms with Gasteiger partial charge in [-0.25, -0.2) is 0 Å². The normalized spacial score (nSPS) is 18.7. The first-order valence-electron chi connectivity index (χ1n) is 7.96. The summed E-state index contributed by atoms with van der Waals surface area (Å²) in [6.07, 6.45) is 3.49. The SMILES string of the molecule is Nc1n[nH]c(C(=O)NC[C@@H]2CCCCN2Cc2ccccc2)n1. The van der Waals surface area contributed by atoms with Crippen LogP contribution in [0.5, 0.6) is 0 Å². The fourth-order valence-corrected chi connectivity index (χ4v) is 2.99. The van der Waals surface area contributed by atoms with Crippen molar-refractivity contribution in [3.63, 3.8) is 0 Å². The molecule has 0 unspecified atom stereocenters. The number of nitrogens with two attached hydrogens (primary N) is 1. The molecule has 2 heterocycles. The Kier molecular flexibility index (Phi) is 4.87. The molecule has 1 aromatic heterocycles. The average Bonchev–Trinajstić information content (AvgIpc) is 3.01. The third-order valence-corrected chi connectivity index (χ3v) is 4.19. The first-order valence-corrected chi connectivity index (χ1v) is 7.96. The van der Waals surface area contributed by atoms with E-state index in [-0.39, 0.29) is 17.7 Å². The van der Waals surface area contributed by atoms with Gasteiger partial charge in [-0.05, 0) is 24.9 Å². The Labute approximate surface area is 135 Å². The maximum absolute atomic E-state index is 12.0. The number of anilines is 1. The molecule has 1 fully saturated rings. The number of H-pyrrole nitrogens is 1. The molecule has 0 radical (unpaired) electrons. The number of amides is 1. The third kappa shape index (κ3) is 4.07. The van der Waals surface area contributed by atoms with E-state index in [9.17, 15) is 4.79 Å². The molecule has 0 aliphatic carbocycles. The van der Waals surface area contributed by atoms with Gasteiger partial charge in [0.2, 0.25) is 11.8 Å². The van der Waals surface area contributed by atoms with Gasteiger partial charge in [0.15, 0.2) is 0 Å². The lowest BCUT2D eigenvalue weighted by atomic mass is 10.0. The number of hydrogen-bond donors (Lipinski definition) is 3. The highest BCUT2D eigenvalue weighted by molar-refractivity contribution is 5.90. The molecular formula is C16H22N6O. The summed E-state index contributed by atoms with van der Waals surface area (Å²) in [7, 11) is 0. The first-order chi connectivity index (χ1) is 11.2. The van der Waals surface area contributed by atoms with Gasteiger partial charge in [-0.3, -0.25) is 14.8 Å². The molecule has 23 heavy (non-hydrogen) atoms. The second-order valence-electron chi connectivity index (χ2n) is 5.86. The lowest BCUT2D eigenvalue weighted by Gasteiger charge is -2.35. The number of piperidine rings is 1. The van der Waals surface area contributed by atoms with Crippen molar-refractivity contribution in [3.8, 4) is 0 Å². The van der Waals surface area contributed by atoms with E-state index in [2.05, 4.69) is 49.7 Å². The molecule has 0 bridgehead atoms. The van der Waals surface area contributed by atoms with Gasteiger partial charge in [-0.1, -0.05) is 36.8 Å². The van der Waals surface area contributed by atoms with Crippen LogP contribution in [0, 0.1) is 0 Å². The largest absolute Gasteiger partial charge is 0.366 e. The number of nitrogens with one attached hydrogen (secondary N) is 2. The molecule has 1 aliphatic rings. The summed E-state index contributed by atoms with van der Waals surface area (Å²) in [5, 5.41) is 9.13. The zero-order valence-electron chi connectivity index (χ0n) is 13.0. The third-order valence-electron chi connectivity index (χ3n) is 4.19. The molecule has 1 aliphatic heterocycles. The Balaban J connectivity index is 1.57. The number of aromatic nitrogens is 3. The minimum Gasteiger partial charge on any atom is -0.366 e. The molecule has 1 aromatic carbocycles. The Morgan fingerprint density at radius 1 is 1.35 bits per heavy atom. The monoisotopic (exact) mass is 314 g/mol. The standard InChI is InChI=1S/C16H22N6O/c17-16-19-14(20-21-16)15(23)18-10-13-8-4-5-9-22(13)11-12-6-2-1-3-7-12/h1-3,6-7,13H,4-5,8-11H2,(H,18,23)(H3,17,19,20,21)/t13-/m0/s1. The summed E-state index contributed by atoms with van der Waals surface area (Å²) in [5.41, 5.74) is 6.72. The van der Waals surface area contributed by atoms with Crippen LogP contribution in [-0.2, 0) is 6.54 Å². The molecule has 3 rings (SSSR count). The van der Waals surface area contributed by atoms with E-state index in [1.807, 2.05) is 6.07 Å². The van der Waals surface area contributed by atoms with Gasteiger partial charge in [0, 0.05) is 19.1 Å². The number of carbonyl (C=O) groups excluding carboxylic acids is 1. The van der Waals surface area contributed by atoms with E-state index >= 15 is 0 Å². The molecule has 0 saturated carbocycles. The van der Waals surface area contributed by atoms with Crippen molar-refractivity contribution >= 4 is 11.9 Å². The molecule has 2 aromatic rings. The van der Waals surface area contributed by atoms with Gasteiger partial charge in [-0.2, -0.15) is 4.98 Å². The zero-order valence-corrected chi connectivity index (χ0v) is 13.0. The molecule has 0 spiro atoms. The Bertz CT molecular complexity index is 641. The fraction of sp³-hybridized carbons (Fsp3) is 0.438. The molecule has 7 nitrogen and oxygen atoms in total. The van der Waals surface area contributed by atoms with Gasteiger partial charge in [0.25, 0.3) is 5.91 Å². The fourth-order valence-electron chi connectivity index (χ4n) is 2.99. The van der Waals surface area contributed by atoms with Crippen LogP contribution < -0.4 is 11.1 Å².